The number of carbonyl (C=O) groups is 2. The van der Waals surface area contributed by atoms with Gasteiger partial charge in [0.25, 0.3) is 7.82 Å². The summed E-state index contributed by atoms with van der Waals surface area (Å²) in [6.07, 6.45) is 46.4. The monoisotopic (exact) mass is 848 g/mol. The number of rotatable bonds is 39. The van der Waals surface area contributed by atoms with E-state index in [1.54, 1.807) is 18.2 Å². The molecule has 3 atom stereocenters. The summed E-state index contributed by atoms with van der Waals surface area (Å²) in [4.78, 5) is 37.5. The molecular formula is C48H82NO9P. The summed E-state index contributed by atoms with van der Waals surface area (Å²) in [5.41, 5.74) is 0. The fourth-order valence-corrected chi connectivity index (χ4v) is 6.19. The van der Waals surface area contributed by atoms with E-state index in [1.165, 1.54) is 51.4 Å². The summed E-state index contributed by atoms with van der Waals surface area (Å²) in [5, 5.41) is 10.2. The molecule has 10 nitrogen and oxygen atoms in total. The molecule has 0 spiro atoms. The Kier molecular flexibility index (Phi) is 37.4. The zero-order chi connectivity index (χ0) is 43.7. The molecule has 0 saturated heterocycles. The second kappa shape index (κ2) is 39.3. The molecule has 0 radical (unpaired) electrons. The van der Waals surface area contributed by atoms with Gasteiger partial charge in [-0.05, 0) is 70.6 Å². The summed E-state index contributed by atoms with van der Waals surface area (Å²) in [6.45, 7) is 3.87. The third-order valence-corrected chi connectivity index (χ3v) is 9.96. The number of likely N-dealkylation sites (N-methyl/N-ethyl adjacent to an activating group) is 1. The maximum Gasteiger partial charge on any atom is 0.306 e. The molecule has 0 aliphatic carbocycles. The lowest BCUT2D eigenvalue weighted by atomic mass is 10.1. The molecule has 0 fully saturated rings. The van der Waals surface area contributed by atoms with Crippen LogP contribution in [0.5, 0.6) is 0 Å². The molecule has 59 heavy (non-hydrogen) atoms. The predicted octanol–water partition coefficient (Wildman–Crippen LogP) is 11.1. The van der Waals surface area contributed by atoms with Gasteiger partial charge < -0.3 is 33.0 Å². The predicted molar refractivity (Wildman–Crippen MR) is 242 cm³/mol. The van der Waals surface area contributed by atoms with Crippen molar-refractivity contribution in [3.8, 4) is 0 Å². The minimum absolute atomic E-state index is 0.0136. The van der Waals surface area contributed by atoms with Crippen LogP contribution in [0.25, 0.3) is 0 Å². The number of aliphatic hydroxyl groups excluding tert-OH is 1. The maximum atomic E-state index is 12.7. The lowest BCUT2D eigenvalue weighted by Gasteiger charge is -2.28. The van der Waals surface area contributed by atoms with Gasteiger partial charge in [0.1, 0.15) is 19.8 Å². The van der Waals surface area contributed by atoms with Gasteiger partial charge in [-0.2, -0.15) is 0 Å². The molecule has 11 heteroatoms. The molecule has 0 bridgehead atoms. The van der Waals surface area contributed by atoms with Crippen molar-refractivity contribution in [2.45, 2.75) is 161 Å². The van der Waals surface area contributed by atoms with Crippen LogP contribution in [0.2, 0.25) is 0 Å². The third-order valence-electron chi connectivity index (χ3n) is 8.99. The highest BCUT2D eigenvalue weighted by Gasteiger charge is 2.21. The summed E-state index contributed by atoms with van der Waals surface area (Å²) in [5.74, 6) is -1.03. The summed E-state index contributed by atoms with van der Waals surface area (Å²) in [7, 11) is 1.04. The number of allylic oxidation sites excluding steroid dienone is 12. The average molecular weight is 848 g/mol. The summed E-state index contributed by atoms with van der Waals surface area (Å²) < 4.78 is 33.7. The molecule has 0 rings (SSSR count). The number of aliphatic hydroxyl groups is 1. The Hall–Kier alpha value is -2.85. The highest BCUT2D eigenvalue weighted by atomic mass is 31.2. The van der Waals surface area contributed by atoms with E-state index < -0.39 is 38.6 Å². The van der Waals surface area contributed by atoms with Crippen LogP contribution >= 0.6 is 7.82 Å². The number of hydrogen-bond acceptors (Lipinski definition) is 9. The molecule has 0 amide bonds. The van der Waals surface area contributed by atoms with E-state index in [1.807, 2.05) is 39.4 Å². The van der Waals surface area contributed by atoms with Crippen molar-refractivity contribution in [1.29, 1.82) is 0 Å². The molecule has 0 saturated carbocycles. The number of unbranched alkanes of at least 4 members (excludes halogenated alkanes) is 11. The van der Waals surface area contributed by atoms with Crippen LogP contribution in [0.3, 0.4) is 0 Å². The minimum atomic E-state index is -4.68. The largest absolute Gasteiger partial charge is 0.756 e. The number of esters is 2. The molecule has 0 aromatic heterocycles. The molecule has 0 aromatic carbocycles. The molecule has 0 heterocycles. The van der Waals surface area contributed by atoms with Gasteiger partial charge in [0.05, 0.1) is 33.9 Å². The standard InChI is InChI=1S/C48H82NO9P/c1-6-8-10-12-14-16-18-20-21-23-25-27-29-31-35-39-47(51)55-43-46(44-57-59(53,54)56-42-41-49(3,4)5)58-48(52)40-36-32-34-38-45(50)37-33-30-28-26-24-22-19-17-15-13-11-9-7-2/h9,11,15-18,22,24,28,30,32-34,37,45-46,50H,6-8,10,12-14,19-21,23,25-27,29,31,35-36,38-44H2,1-5H3/b11-9-,17-15-,18-16-,24-22-,30-28-,34-32-,37-33-/t45?,46-/m1/s1. The second-order valence-electron chi connectivity index (χ2n) is 15.9. The van der Waals surface area contributed by atoms with Crippen molar-refractivity contribution >= 4 is 19.8 Å². The fraction of sp³-hybridized carbons (Fsp3) is 0.667. The van der Waals surface area contributed by atoms with Crippen molar-refractivity contribution in [3.63, 3.8) is 0 Å². The van der Waals surface area contributed by atoms with Crippen molar-refractivity contribution in [3.05, 3.63) is 85.1 Å². The van der Waals surface area contributed by atoms with E-state index in [-0.39, 0.29) is 26.1 Å². The fourth-order valence-electron chi connectivity index (χ4n) is 5.46. The van der Waals surface area contributed by atoms with Gasteiger partial charge >= 0.3 is 11.9 Å². The van der Waals surface area contributed by atoms with Crippen molar-refractivity contribution < 1.29 is 47.2 Å². The molecule has 338 valence electrons. The topological polar surface area (TPSA) is 131 Å². The summed E-state index contributed by atoms with van der Waals surface area (Å²) in [6, 6.07) is 0. The quantitative estimate of drug-likeness (QED) is 0.0160. The Labute approximate surface area is 359 Å². The first-order valence-corrected chi connectivity index (χ1v) is 23.9. The van der Waals surface area contributed by atoms with E-state index >= 15 is 0 Å². The van der Waals surface area contributed by atoms with Gasteiger partial charge in [-0.1, -0.05) is 150 Å². The number of ether oxygens (including phenoxy) is 2. The van der Waals surface area contributed by atoms with E-state index in [4.69, 9.17) is 18.5 Å². The van der Waals surface area contributed by atoms with E-state index in [2.05, 4.69) is 62.5 Å². The smallest absolute Gasteiger partial charge is 0.306 e. The normalized spacial score (nSPS) is 14.9. The van der Waals surface area contributed by atoms with Crippen molar-refractivity contribution in [1.82, 2.24) is 0 Å². The number of carbonyl (C=O) groups excluding carboxylic acids is 2. The van der Waals surface area contributed by atoms with Gasteiger partial charge in [-0.25, -0.2) is 0 Å². The third kappa shape index (κ3) is 43.1. The Balaban J connectivity index is 4.60. The molecule has 0 aliphatic heterocycles. The number of quaternary nitrogens is 1. The molecule has 0 aliphatic rings. The minimum Gasteiger partial charge on any atom is -0.756 e. The Morgan fingerprint density at radius 3 is 1.85 bits per heavy atom. The van der Waals surface area contributed by atoms with Gasteiger partial charge in [0, 0.05) is 12.8 Å². The van der Waals surface area contributed by atoms with Crippen molar-refractivity contribution in [2.75, 3.05) is 47.5 Å². The highest BCUT2D eigenvalue weighted by molar-refractivity contribution is 7.45. The maximum absolute atomic E-state index is 12.7. The average Bonchev–Trinajstić information content (AvgIpc) is 3.18. The molecule has 1 N–H and O–H groups in total. The second-order valence-corrected chi connectivity index (χ2v) is 17.3. The molecule has 0 aromatic rings. The van der Waals surface area contributed by atoms with Crippen LogP contribution in [0.4, 0.5) is 0 Å². The van der Waals surface area contributed by atoms with Crippen LogP contribution in [-0.2, 0) is 32.7 Å². The SMILES string of the molecule is CC/C=C\C/C=C\C/C=C\C/C=C\C=C/C(O)C/C=C\CCC(=O)O[C@H](COC(=O)CCCCCCCCC/C=C\CCCCCC)COP(=O)([O-])OCC[N+](C)(C)C. The van der Waals surface area contributed by atoms with Crippen LogP contribution in [0, 0.1) is 0 Å². The van der Waals surface area contributed by atoms with Gasteiger partial charge in [-0.15, -0.1) is 0 Å². The lowest BCUT2D eigenvalue weighted by Crippen LogP contribution is -2.37. The number of hydrogen-bond donors (Lipinski definition) is 1. The van der Waals surface area contributed by atoms with Crippen LogP contribution < -0.4 is 4.89 Å². The first-order valence-electron chi connectivity index (χ1n) is 22.4. The first kappa shape index (κ1) is 56.1. The zero-order valence-electron chi connectivity index (χ0n) is 37.5. The Morgan fingerprint density at radius 2 is 1.22 bits per heavy atom. The Bertz CT molecular complexity index is 1300. The van der Waals surface area contributed by atoms with Gasteiger partial charge in [0.2, 0.25) is 0 Å². The van der Waals surface area contributed by atoms with Crippen LogP contribution in [0.1, 0.15) is 149 Å². The lowest BCUT2D eigenvalue weighted by molar-refractivity contribution is -0.870. The molecular weight excluding hydrogens is 766 g/mol. The van der Waals surface area contributed by atoms with Crippen molar-refractivity contribution in [2.24, 2.45) is 0 Å². The number of phosphoric acid groups is 1. The van der Waals surface area contributed by atoms with E-state index in [9.17, 15) is 24.2 Å². The number of phosphoric ester groups is 1. The zero-order valence-corrected chi connectivity index (χ0v) is 38.4. The highest BCUT2D eigenvalue weighted by Crippen LogP contribution is 2.38. The Morgan fingerprint density at radius 1 is 0.644 bits per heavy atom. The van der Waals surface area contributed by atoms with Crippen LogP contribution in [-0.4, -0.2) is 81.2 Å². The van der Waals surface area contributed by atoms with E-state index in [0.717, 1.165) is 51.4 Å². The number of nitrogens with zero attached hydrogens (tertiary/aromatic N) is 1. The van der Waals surface area contributed by atoms with Gasteiger partial charge in [0.15, 0.2) is 6.10 Å². The van der Waals surface area contributed by atoms with E-state index in [0.29, 0.717) is 30.3 Å². The van der Waals surface area contributed by atoms with Crippen LogP contribution in [0.15, 0.2) is 85.1 Å². The van der Waals surface area contributed by atoms with Gasteiger partial charge in [-0.3, -0.25) is 14.2 Å². The molecule has 2 unspecified atom stereocenters. The first-order chi connectivity index (χ1) is 28.4. The summed E-state index contributed by atoms with van der Waals surface area (Å²) >= 11 is 0.